The van der Waals surface area contributed by atoms with Gasteiger partial charge in [0.15, 0.2) is 0 Å². The highest BCUT2D eigenvalue weighted by Gasteiger charge is 2.15. The van der Waals surface area contributed by atoms with Crippen LogP contribution in [0.5, 0.6) is 5.75 Å². The summed E-state index contributed by atoms with van der Waals surface area (Å²) in [5, 5.41) is 3.62. The lowest BCUT2D eigenvalue weighted by molar-refractivity contribution is -0.116. The number of nitrogens with zero attached hydrogens (tertiary/aromatic N) is 2. The van der Waals surface area contributed by atoms with Gasteiger partial charge in [0.05, 0.1) is 23.7 Å². The van der Waals surface area contributed by atoms with Gasteiger partial charge >= 0.3 is 5.69 Å². The van der Waals surface area contributed by atoms with E-state index in [1.165, 1.54) is 18.7 Å². The molecule has 0 aliphatic carbocycles. The van der Waals surface area contributed by atoms with Crippen LogP contribution in [0.2, 0.25) is 5.02 Å². The number of aromatic nitrogens is 2. The number of benzene rings is 2. The number of carbonyl (C=O) groups is 1. The highest BCUT2D eigenvalue weighted by Crippen LogP contribution is 2.30. The molecule has 0 saturated heterocycles. The molecule has 8 heteroatoms. The van der Waals surface area contributed by atoms with Crippen molar-refractivity contribution >= 4 is 34.1 Å². The Morgan fingerprint density at radius 2 is 1.93 bits per heavy atom. The predicted octanol–water partition coefficient (Wildman–Crippen LogP) is 2.31. The molecule has 0 aliphatic rings. The lowest BCUT2D eigenvalue weighted by atomic mass is 10.2. The SMILES string of the molecule is COc1cc(Cl)c(C)cc1NC(=O)Cn1c(=O)n(C)c(=O)c2ccccc21. The topological polar surface area (TPSA) is 82.3 Å². The Morgan fingerprint density at radius 3 is 2.63 bits per heavy atom. The molecule has 27 heavy (non-hydrogen) atoms. The lowest BCUT2D eigenvalue weighted by Crippen LogP contribution is -2.40. The summed E-state index contributed by atoms with van der Waals surface area (Å²) in [5.41, 5.74) is 0.666. The Hall–Kier alpha value is -3.06. The number of halogens is 1. The minimum absolute atomic E-state index is 0.252. The number of aryl methyl sites for hydroxylation is 1. The zero-order valence-electron chi connectivity index (χ0n) is 15.1. The molecule has 140 valence electrons. The Morgan fingerprint density at radius 1 is 1.22 bits per heavy atom. The quantitative estimate of drug-likeness (QED) is 0.744. The Bertz CT molecular complexity index is 1160. The van der Waals surface area contributed by atoms with Crippen LogP contribution in [0.1, 0.15) is 5.56 Å². The summed E-state index contributed by atoms with van der Waals surface area (Å²) in [6, 6.07) is 9.98. The van der Waals surface area contributed by atoms with E-state index in [-0.39, 0.29) is 6.54 Å². The van der Waals surface area contributed by atoms with Gasteiger partial charge < -0.3 is 10.1 Å². The summed E-state index contributed by atoms with van der Waals surface area (Å²) in [7, 11) is 2.86. The third-order valence-electron chi connectivity index (χ3n) is 4.30. The third-order valence-corrected chi connectivity index (χ3v) is 4.71. The maximum atomic E-state index is 12.6. The van der Waals surface area contributed by atoms with E-state index in [4.69, 9.17) is 16.3 Å². The van der Waals surface area contributed by atoms with E-state index in [0.717, 1.165) is 10.1 Å². The van der Waals surface area contributed by atoms with Gasteiger partial charge in [-0.05, 0) is 30.7 Å². The number of carbonyl (C=O) groups excluding carboxylic acids is 1. The fourth-order valence-electron chi connectivity index (χ4n) is 2.86. The summed E-state index contributed by atoms with van der Waals surface area (Å²) < 4.78 is 7.50. The second-order valence-corrected chi connectivity index (χ2v) is 6.51. The molecule has 0 aliphatic heterocycles. The van der Waals surface area contributed by atoms with Gasteiger partial charge in [-0.1, -0.05) is 23.7 Å². The predicted molar refractivity (Wildman–Crippen MR) is 105 cm³/mol. The zero-order valence-corrected chi connectivity index (χ0v) is 15.8. The van der Waals surface area contributed by atoms with Crippen LogP contribution >= 0.6 is 11.6 Å². The molecular weight excluding hydrogens is 370 g/mol. The average molecular weight is 388 g/mol. The number of amides is 1. The van der Waals surface area contributed by atoms with E-state index in [0.29, 0.717) is 27.4 Å². The first-order chi connectivity index (χ1) is 12.8. The van der Waals surface area contributed by atoms with Crippen molar-refractivity contribution in [1.29, 1.82) is 0 Å². The molecule has 2 aromatic carbocycles. The van der Waals surface area contributed by atoms with Gasteiger partial charge in [-0.15, -0.1) is 0 Å². The highest BCUT2D eigenvalue weighted by molar-refractivity contribution is 6.31. The molecule has 0 spiro atoms. The first-order valence-electron chi connectivity index (χ1n) is 8.16. The number of anilines is 1. The van der Waals surface area contributed by atoms with Gasteiger partial charge in [0.2, 0.25) is 5.91 Å². The molecule has 1 amide bonds. The summed E-state index contributed by atoms with van der Waals surface area (Å²) in [5.74, 6) is -0.0162. The fourth-order valence-corrected chi connectivity index (χ4v) is 3.01. The Kier molecular flexibility index (Phi) is 5.05. The third kappa shape index (κ3) is 3.46. The summed E-state index contributed by atoms with van der Waals surface area (Å²) >= 11 is 6.08. The van der Waals surface area contributed by atoms with E-state index in [1.54, 1.807) is 36.4 Å². The van der Waals surface area contributed by atoms with Crippen molar-refractivity contribution in [2.24, 2.45) is 7.05 Å². The number of hydrogen-bond donors (Lipinski definition) is 1. The normalized spacial score (nSPS) is 10.8. The number of rotatable bonds is 4. The maximum Gasteiger partial charge on any atom is 0.331 e. The van der Waals surface area contributed by atoms with E-state index in [2.05, 4.69) is 5.32 Å². The van der Waals surface area contributed by atoms with Crippen molar-refractivity contribution in [3.63, 3.8) is 0 Å². The molecule has 1 aromatic heterocycles. The van der Waals surface area contributed by atoms with E-state index in [1.807, 2.05) is 6.92 Å². The minimum atomic E-state index is -0.562. The summed E-state index contributed by atoms with van der Waals surface area (Å²) in [6.07, 6.45) is 0. The van der Waals surface area contributed by atoms with Crippen LogP contribution in [0.4, 0.5) is 5.69 Å². The van der Waals surface area contributed by atoms with E-state index >= 15 is 0 Å². The molecule has 3 rings (SSSR count). The first-order valence-corrected chi connectivity index (χ1v) is 8.54. The van der Waals surface area contributed by atoms with Crippen molar-refractivity contribution in [3.8, 4) is 5.75 Å². The number of ether oxygens (including phenoxy) is 1. The molecule has 0 saturated carbocycles. The van der Waals surface area contributed by atoms with Gasteiger partial charge in [-0.2, -0.15) is 0 Å². The Labute approximate surface area is 159 Å². The van der Waals surface area contributed by atoms with Crippen LogP contribution in [0, 0.1) is 6.92 Å². The minimum Gasteiger partial charge on any atom is -0.495 e. The van der Waals surface area contributed by atoms with Crippen molar-refractivity contribution < 1.29 is 9.53 Å². The van der Waals surface area contributed by atoms with Crippen LogP contribution in [-0.4, -0.2) is 22.2 Å². The molecule has 1 heterocycles. The number of fused-ring (bicyclic) bond motifs is 1. The molecule has 0 unspecified atom stereocenters. The lowest BCUT2D eigenvalue weighted by Gasteiger charge is -2.14. The van der Waals surface area contributed by atoms with Gasteiger partial charge in [-0.3, -0.25) is 18.7 Å². The van der Waals surface area contributed by atoms with Crippen LogP contribution in [0.3, 0.4) is 0 Å². The second-order valence-electron chi connectivity index (χ2n) is 6.10. The Balaban J connectivity index is 2.00. The summed E-state index contributed by atoms with van der Waals surface area (Å²) in [4.78, 5) is 37.4. The van der Waals surface area contributed by atoms with Gasteiger partial charge in [0, 0.05) is 18.1 Å². The average Bonchev–Trinajstić information content (AvgIpc) is 2.66. The van der Waals surface area contributed by atoms with Crippen LogP contribution in [0.25, 0.3) is 10.9 Å². The smallest absolute Gasteiger partial charge is 0.331 e. The van der Waals surface area contributed by atoms with Gasteiger partial charge in [-0.25, -0.2) is 4.79 Å². The molecule has 3 aromatic rings. The van der Waals surface area contributed by atoms with Gasteiger partial charge in [0.25, 0.3) is 5.56 Å². The molecule has 1 N–H and O–H groups in total. The number of nitrogens with one attached hydrogen (secondary N) is 1. The molecule has 7 nitrogen and oxygen atoms in total. The molecule has 0 atom stereocenters. The number of hydrogen-bond acceptors (Lipinski definition) is 4. The molecule has 0 radical (unpaired) electrons. The fraction of sp³-hybridized carbons (Fsp3) is 0.211. The van der Waals surface area contributed by atoms with Crippen molar-refractivity contribution in [2.75, 3.05) is 12.4 Å². The summed E-state index contributed by atoms with van der Waals surface area (Å²) in [6.45, 7) is 1.56. The zero-order chi connectivity index (χ0) is 19.7. The van der Waals surface area contributed by atoms with Crippen LogP contribution in [-0.2, 0) is 18.4 Å². The van der Waals surface area contributed by atoms with Crippen molar-refractivity contribution in [3.05, 3.63) is 67.8 Å². The van der Waals surface area contributed by atoms with Crippen LogP contribution < -0.4 is 21.3 Å². The van der Waals surface area contributed by atoms with Crippen LogP contribution in [0.15, 0.2) is 46.0 Å². The molecule has 0 fully saturated rings. The monoisotopic (exact) mass is 387 g/mol. The number of para-hydroxylation sites is 1. The maximum absolute atomic E-state index is 12.6. The highest BCUT2D eigenvalue weighted by atomic mass is 35.5. The molecule has 0 bridgehead atoms. The van der Waals surface area contributed by atoms with Crippen molar-refractivity contribution in [1.82, 2.24) is 9.13 Å². The standard InChI is InChI=1S/C19H18ClN3O4/c1-11-8-14(16(27-3)9-13(11)20)21-17(24)10-23-15-7-5-4-6-12(15)18(25)22(2)19(23)26/h4-9H,10H2,1-3H3,(H,21,24). The molecular formula is C19H18ClN3O4. The van der Waals surface area contributed by atoms with E-state index < -0.39 is 17.2 Å². The largest absolute Gasteiger partial charge is 0.495 e. The number of methoxy groups -OCH3 is 1. The van der Waals surface area contributed by atoms with Gasteiger partial charge in [0.1, 0.15) is 12.3 Å². The first kappa shape index (κ1) is 18.7. The second kappa shape index (κ2) is 7.28. The van der Waals surface area contributed by atoms with E-state index in [9.17, 15) is 14.4 Å². The van der Waals surface area contributed by atoms with Crippen molar-refractivity contribution in [2.45, 2.75) is 13.5 Å².